The molecule has 0 unspecified atom stereocenters. The molecule has 0 atom stereocenters. The minimum atomic E-state index is -0.274. The number of likely N-dealkylation sites (N-methyl/N-ethyl adjacent to an activating group) is 1. The summed E-state index contributed by atoms with van der Waals surface area (Å²) >= 11 is 0. The maximum absolute atomic E-state index is 13.1. The van der Waals surface area contributed by atoms with Gasteiger partial charge in [0.1, 0.15) is 30.5 Å². The summed E-state index contributed by atoms with van der Waals surface area (Å²) in [4.78, 5) is 9.21. The number of rotatable bonds is 10. The number of morpholine rings is 1. The van der Waals surface area contributed by atoms with Gasteiger partial charge in [0.2, 0.25) is 0 Å². The highest BCUT2D eigenvalue weighted by Gasteiger charge is 2.12. The number of halogens is 2. The summed E-state index contributed by atoms with van der Waals surface area (Å²) in [7, 11) is 3.92. The molecule has 0 aliphatic carbocycles. The summed E-state index contributed by atoms with van der Waals surface area (Å²) in [6.07, 6.45) is 1.02. The molecule has 1 aromatic heterocycles. The molecule has 0 saturated carbocycles. The first-order chi connectivity index (χ1) is 15.5. The van der Waals surface area contributed by atoms with E-state index in [0.717, 1.165) is 63.4 Å². The van der Waals surface area contributed by atoms with Crippen LogP contribution in [0.3, 0.4) is 0 Å². The summed E-state index contributed by atoms with van der Waals surface area (Å²) in [6.45, 7) is 8.91. The first-order valence-electron chi connectivity index (χ1n) is 11.1. The second-order valence-corrected chi connectivity index (χ2v) is 7.82. The van der Waals surface area contributed by atoms with Crippen LogP contribution in [0, 0.1) is 12.7 Å². The molecule has 11 heteroatoms. The Hall–Kier alpha value is -1.99. The number of aromatic nitrogens is 3. The predicted molar refractivity (Wildman–Crippen MR) is 137 cm³/mol. The molecule has 0 radical (unpaired) electrons. The van der Waals surface area contributed by atoms with Crippen LogP contribution in [0.2, 0.25) is 0 Å². The molecule has 0 amide bonds. The summed E-state index contributed by atoms with van der Waals surface area (Å²) in [5, 5.41) is 11.8. The fourth-order valence-electron chi connectivity index (χ4n) is 3.31. The van der Waals surface area contributed by atoms with E-state index in [1.165, 1.54) is 12.1 Å². The number of hydrogen-bond donors (Lipinski definition) is 1. The molecule has 1 N–H and O–H groups in total. The van der Waals surface area contributed by atoms with Crippen molar-refractivity contribution in [2.45, 2.75) is 19.9 Å². The number of ether oxygens (including phenoxy) is 2. The molecule has 9 nitrogen and oxygen atoms in total. The second-order valence-electron chi connectivity index (χ2n) is 7.82. The molecule has 0 spiro atoms. The van der Waals surface area contributed by atoms with E-state index in [1.807, 2.05) is 30.5 Å². The Morgan fingerprint density at radius 1 is 1.24 bits per heavy atom. The third-order valence-electron chi connectivity index (χ3n) is 5.46. The lowest BCUT2D eigenvalue weighted by Gasteiger charge is -2.27. The molecule has 1 aliphatic heterocycles. The molecule has 1 aliphatic rings. The van der Waals surface area contributed by atoms with Gasteiger partial charge in [-0.05, 0) is 44.2 Å². The largest absolute Gasteiger partial charge is 0.492 e. The average Bonchev–Trinajstić information content (AvgIpc) is 3.12. The number of aliphatic imine (C=N–C) groups is 1. The van der Waals surface area contributed by atoms with Gasteiger partial charge in [-0.3, -0.25) is 4.90 Å². The Morgan fingerprint density at radius 3 is 2.64 bits per heavy atom. The van der Waals surface area contributed by atoms with Crippen LogP contribution >= 0.6 is 24.0 Å². The van der Waals surface area contributed by atoms with Crippen LogP contribution in [0.25, 0.3) is 0 Å². The molecule has 0 bridgehead atoms. The molecule has 1 fully saturated rings. The van der Waals surface area contributed by atoms with Crippen LogP contribution in [0.4, 0.5) is 4.39 Å². The van der Waals surface area contributed by atoms with Gasteiger partial charge in [0, 0.05) is 33.7 Å². The SMILES string of the molecule is Cc1nnc(CN=C(NCCCN2CCOCC2)N(C)CCOc2ccc(F)cc2)n1C.I. The fourth-order valence-corrected chi connectivity index (χ4v) is 3.31. The normalized spacial score (nSPS) is 14.6. The third kappa shape index (κ3) is 9.05. The van der Waals surface area contributed by atoms with Gasteiger partial charge >= 0.3 is 0 Å². The van der Waals surface area contributed by atoms with E-state index in [0.29, 0.717) is 25.4 Å². The topological polar surface area (TPSA) is 80.0 Å². The van der Waals surface area contributed by atoms with Crippen LogP contribution in [0.5, 0.6) is 5.75 Å². The van der Waals surface area contributed by atoms with Crippen molar-refractivity contribution in [2.75, 3.05) is 59.6 Å². The molecule has 184 valence electrons. The van der Waals surface area contributed by atoms with Crippen LogP contribution in [-0.4, -0.2) is 90.1 Å². The van der Waals surface area contributed by atoms with Crippen molar-refractivity contribution in [3.05, 3.63) is 41.7 Å². The Labute approximate surface area is 212 Å². The lowest BCUT2D eigenvalue weighted by molar-refractivity contribution is 0.0375. The average molecular weight is 575 g/mol. The van der Waals surface area contributed by atoms with Crippen LogP contribution in [0.15, 0.2) is 29.3 Å². The fraction of sp³-hybridized carbons (Fsp3) is 0.591. The summed E-state index contributed by atoms with van der Waals surface area (Å²) in [5.74, 6) is 2.83. The van der Waals surface area contributed by atoms with Gasteiger partial charge in [-0.2, -0.15) is 0 Å². The highest BCUT2D eigenvalue weighted by molar-refractivity contribution is 14.0. The van der Waals surface area contributed by atoms with E-state index in [-0.39, 0.29) is 29.8 Å². The molecule has 3 rings (SSSR count). The third-order valence-corrected chi connectivity index (χ3v) is 5.46. The van der Waals surface area contributed by atoms with Gasteiger partial charge in [-0.15, -0.1) is 34.2 Å². The summed E-state index contributed by atoms with van der Waals surface area (Å²) < 4.78 is 26.1. The molecular weight excluding hydrogens is 540 g/mol. The minimum Gasteiger partial charge on any atom is -0.492 e. The lowest BCUT2D eigenvalue weighted by Crippen LogP contribution is -2.42. The number of aryl methyl sites for hydroxylation is 1. The zero-order chi connectivity index (χ0) is 22.8. The van der Waals surface area contributed by atoms with E-state index in [1.54, 1.807) is 12.1 Å². The maximum Gasteiger partial charge on any atom is 0.194 e. The van der Waals surface area contributed by atoms with Gasteiger partial charge in [0.05, 0.1) is 19.8 Å². The molecule has 1 saturated heterocycles. The van der Waals surface area contributed by atoms with Crippen molar-refractivity contribution < 1.29 is 13.9 Å². The molecule has 33 heavy (non-hydrogen) atoms. The van der Waals surface area contributed by atoms with E-state index >= 15 is 0 Å². The monoisotopic (exact) mass is 575 g/mol. The second kappa shape index (κ2) is 14.3. The standard InChI is InChI=1S/C22H34FN7O2.HI/c1-18-26-27-21(29(18)3)17-25-22(24-9-4-10-30-12-14-31-15-13-30)28(2)11-16-32-20-7-5-19(23)6-8-20;/h5-8H,4,9-17H2,1-3H3,(H,24,25);1H. The highest BCUT2D eigenvalue weighted by atomic mass is 127. The molecular formula is C22H35FIN7O2. The zero-order valence-corrected chi connectivity index (χ0v) is 22.0. The Morgan fingerprint density at radius 2 is 1.97 bits per heavy atom. The van der Waals surface area contributed by atoms with Crippen molar-refractivity contribution in [1.29, 1.82) is 0 Å². The van der Waals surface area contributed by atoms with Gasteiger partial charge in [0.25, 0.3) is 0 Å². The van der Waals surface area contributed by atoms with E-state index in [2.05, 4.69) is 20.4 Å². The van der Waals surface area contributed by atoms with E-state index < -0.39 is 0 Å². The first-order valence-corrected chi connectivity index (χ1v) is 11.1. The number of guanidine groups is 1. The maximum atomic E-state index is 13.1. The van der Waals surface area contributed by atoms with Crippen LogP contribution < -0.4 is 10.1 Å². The van der Waals surface area contributed by atoms with Gasteiger partial charge in [-0.25, -0.2) is 9.38 Å². The number of hydrogen-bond acceptors (Lipinski definition) is 6. The first kappa shape index (κ1) is 27.3. The minimum absolute atomic E-state index is 0. The Kier molecular flexibility index (Phi) is 11.8. The van der Waals surface area contributed by atoms with Crippen molar-refractivity contribution in [2.24, 2.45) is 12.0 Å². The van der Waals surface area contributed by atoms with Crippen molar-refractivity contribution in [3.8, 4) is 5.75 Å². The van der Waals surface area contributed by atoms with Crippen LogP contribution in [-0.2, 0) is 18.3 Å². The van der Waals surface area contributed by atoms with Crippen molar-refractivity contribution in [1.82, 2.24) is 29.9 Å². The molecule has 2 heterocycles. The van der Waals surface area contributed by atoms with E-state index in [4.69, 9.17) is 14.5 Å². The van der Waals surface area contributed by atoms with Gasteiger partial charge in [-0.1, -0.05) is 0 Å². The van der Waals surface area contributed by atoms with Gasteiger partial charge < -0.3 is 24.3 Å². The summed E-state index contributed by atoms with van der Waals surface area (Å²) in [6, 6.07) is 6.05. The lowest BCUT2D eigenvalue weighted by atomic mass is 10.3. The number of nitrogens with zero attached hydrogens (tertiary/aromatic N) is 6. The Bertz CT molecular complexity index is 857. The Balaban J connectivity index is 0.00000385. The number of nitrogens with one attached hydrogen (secondary N) is 1. The summed E-state index contributed by atoms with van der Waals surface area (Å²) in [5.41, 5.74) is 0. The van der Waals surface area contributed by atoms with Crippen molar-refractivity contribution >= 4 is 29.9 Å². The predicted octanol–water partition coefficient (Wildman–Crippen LogP) is 2.06. The van der Waals surface area contributed by atoms with Crippen molar-refractivity contribution in [3.63, 3.8) is 0 Å². The number of benzene rings is 1. The zero-order valence-electron chi connectivity index (χ0n) is 19.7. The van der Waals surface area contributed by atoms with Crippen LogP contribution in [0.1, 0.15) is 18.1 Å². The van der Waals surface area contributed by atoms with E-state index in [9.17, 15) is 4.39 Å². The molecule has 2 aromatic rings. The van der Waals surface area contributed by atoms with Gasteiger partial charge in [0.15, 0.2) is 11.8 Å². The highest BCUT2D eigenvalue weighted by Crippen LogP contribution is 2.11. The smallest absolute Gasteiger partial charge is 0.194 e. The quantitative estimate of drug-likeness (QED) is 0.201. The molecule has 1 aromatic carbocycles.